The number of fused-ring (bicyclic) bond motifs is 1. The molecule has 4 heterocycles. The SMILES string of the molecule is CO[C@H]1[C@H](N)C[C@H](c2ccncc2Cc2ncc3ccc(-c4c(F)cc(C5(O)CCOCC5)cc4F)nn23)C[C@@H]1C. The molecule has 0 spiro atoms. The fourth-order valence-electron chi connectivity index (χ4n) is 6.65. The van der Waals surface area contributed by atoms with Crippen LogP contribution in [0.3, 0.4) is 0 Å². The smallest absolute Gasteiger partial charge is 0.136 e. The van der Waals surface area contributed by atoms with Gasteiger partial charge in [0.2, 0.25) is 0 Å². The number of aromatic nitrogens is 4. The van der Waals surface area contributed by atoms with Crippen LogP contribution in [0, 0.1) is 17.6 Å². The highest BCUT2D eigenvalue weighted by atomic mass is 19.1. The summed E-state index contributed by atoms with van der Waals surface area (Å²) in [5.41, 5.74) is 8.15. The first-order chi connectivity index (χ1) is 19.8. The Morgan fingerprint density at radius 2 is 1.88 bits per heavy atom. The highest BCUT2D eigenvalue weighted by molar-refractivity contribution is 5.63. The van der Waals surface area contributed by atoms with Crippen molar-refractivity contribution in [1.29, 1.82) is 0 Å². The molecule has 3 N–H and O–H groups in total. The van der Waals surface area contributed by atoms with Gasteiger partial charge in [-0.25, -0.2) is 18.3 Å². The van der Waals surface area contributed by atoms with Crippen LogP contribution in [0.4, 0.5) is 8.78 Å². The topological polar surface area (TPSA) is 108 Å². The van der Waals surface area contributed by atoms with Crippen LogP contribution >= 0.6 is 0 Å². The van der Waals surface area contributed by atoms with Gasteiger partial charge < -0.3 is 20.3 Å². The predicted octanol–water partition coefficient (Wildman–Crippen LogP) is 4.51. The molecule has 2 fully saturated rings. The van der Waals surface area contributed by atoms with Gasteiger partial charge in [-0.3, -0.25) is 4.98 Å². The zero-order chi connectivity index (χ0) is 28.7. The van der Waals surface area contributed by atoms with Crippen LogP contribution in [0.1, 0.15) is 61.0 Å². The number of halogens is 2. The summed E-state index contributed by atoms with van der Waals surface area (Å²) < 4.78 is 43.4. The molecule has 4 aromatic rings. The quantitative estimate of drug-likeness (QED) is 0.355. The van der Waals surface area contributed by atoms with Crippen molar-refractivity contribution in [3.8, 4) is 11.3 Å². The first-order valence-corrected chi connectivity index (χ1v) is 14.1. The number of hydrogen-bond acceptors (Lipinski definition) is 7. The Labute approximate surface area is 237 Å². The summed E-state index contributed by atoms with van der Waals surface area (Å²) >= 11 is 0. The van der Waals surface area contributed by atoms with Gasteiger partial charge in [-0.2, -0.15) is 5.10 Å². The average Bonchev–Trinajstić information content (AvgIpc) is 3.35. The van der Waals surface area contributed by atoms with Crippen molar-refractivity contribution in [3.05, 3.63) is 83.1 Å². The van der Waals surface area contributed by atoms with E-state index in [1.165, 1.54) is 17.7 Å². The summed E-state index contributed by atoms with van der Waals surface area (Å²) in [5, 5.41) is 15.6. The normalized spacial score (nSPS) is 24.5. The Bertz CT molecular complexity index is 1520. The van der Waals surface area contributed by atoms with E-state index < -0.39 is 17.2 Å². The number of imidazole rings is 1. The van der Waals surface area contributed by atoms with E-state index in [-0.39, 0.29) is 47.7 Å². The second-order valence-corrected chi connectivity index (χ2v) is 11.4. The van der Waals surface area contributed by atoms with E-state index in [0.717, 1.165) is 18.4 Å². The van der Waals surface area contributed by atoms with E-state index >= 15 is 8.78 Å². The Morgan fingerprint density at radius 1 is 1.12 bits per heavy atom. The van der Waals surface area contributed by atoms with Gasteiger partial charge in [-0.15, -0.1) is 0 Å². The molecule has 41 heavy (non-hydrogen) atoms. The van der Waals surface area contributed by atoms with E-state index in [9.17, 15) is 5.11 Å². The number of nitrogens with two attached hydrogens (primary N) is 1. The lowest BCUT2D eigenvalue weighted by Crippen LogP contribution is -2.45. The molecule has 1 aromatic carbocycles. The third-order valence-corrected chi connectivity index (χ3v) is 8.81. The molecular weight excluding hydrogens is 528 g/mol. The maximum atomic E-state index is 15.4. The molecule has 1 saturated carbocycles. The molecule has 3 aromatic heterocycles. The Hall–Kier alpha value is -3.31. The van der Waals surface area contributed by atoms with Gasteiger partial charge >= 0.3 is 0 Å². The molecule has 0 unspecified atom stereocenters. The minimum absolute atomic E-state index is 0.0323. The van der Waals surface area contributed by atoms with Gasteiger partial charge in [0, 0.05) is 58.0 Å². The monoisotopic (exact) mass is 563 g/mol. The second kappa shape index (κ2) is 11.2. The zero-order valence-electron chi connectivity index (χ0n) is 23.3. The number of aliphatic hydroxyl groups is 1. The molecule has 1 aliphatic heterocycles. The molecule has 8 nitrogen and oxygen atoms in total. The molecule has 4 atom stereocenters. The lowest BCUT2D eigenvalue weighted by Gasteiger charge is -2.38. The fourth-order valence-corrected chi connectivity index (χ4v) is 6.65. The second-order valence-electron chi connectivity index (χ2n) is 11.4. The van der Waals surface area contributed by atoms with Crippen molar-refractivity contribution in [2.24, 2.45) is 11.7 Å². The van der Waals surface area contributed by atoms with Crippen LogP contribution < -0.4 is 5.73 Å². The number of hydrogen-bond donors (Lipinski definition) is 2. The molecule has 0 radical (unpaired) electrons. The highest BCUT2D eigenvalue weighted by Crippen LogP contribution is 2.39. The van der Waals surface area contributed by atoms with Gasteiger partial charge in [-0.05, 0) is 71.7 Å². The van der Waals surface area contributed by atoms with Crippen molar-refractivity contribution in [2.75, 3.05) is 20.3 Å². The summed E-state index contributed by atoms with van der Waals surface area (Å²) in [6, 6.07) is 7.72. The standard InChI is InChI=1S/C31H35F2N5O3/c1-18-11-19(12-26(34)30(18)40-2)23-5-8-35-16-20(23)13-28-36-17-22-3-4-27(37-38(22)28)29-24(32)14-21(15-25(29)33)31(39)6-9-41-10-7-31/h3-5,8,14-19,26,30,39H,6-7,9-13,34H2,1-2H3/t18-,19+,26+,30+/m0/s1. The van der Waals surface area contributed by atoms with Crippen LogP contribution in [0.2, 0.25) is 0 Å². The van der Waals surface area contributed by atoms with Gasteiger partial charge in [0.25, 0.3) is 0 Å². The summed E-state index contributed by atoms with van der Waals surface area (Å²) in [7, 11) is 1.71. The van der Waals surface area contributed by atoms with Crippen molar-refractivity contribution in [1.82, 2.24) is 19.6 Å². The molecule has 0 amide bonds. The maximum Gasteiger partial charge on any atom is 0.136 e. The minimum Gasteiger partial charge on any atom is -0.385 e. The molecule has 10 heteroatoms. The van der Waals surface area contributed by atoms with Crippen LogP contribution in [0.25, 0.3) is 16.8 Å². The third kappa shape index (κ3) is 5.25. The molecule has 1 aliphatic carbocycles. The number of ether oxygens (including phenoxy) is 2. The predicted molar refractivity (Wildman–Crippen MR) is 149 cm³/mol. The number of nitrogens with zero attached hydrogens (tertiary/aromatic N) is 4. The van der Waals surface area contributed by atoms with Crippen molar-refractivity contribution in [3.63, 3.8) is 0 Å². The highest BCUT2D eigenvalue weighted by Gasteiger charge is 2.36. The van der Waals surface area contributed by atoms with Crippen LogP contribution in [-0.4, -0.2) is 57.2 Å². The van der Waals surface area contributed by atoms with Gasteiger partial charge in [0.1, 0.15) is 17.5 Å². The fraction of sp³-hybridized carbons (Fsp3) is 0.452. The van der Waals surface area contributed by atoms with E-state index in [1.807, 2.05) is 12.3 Å². The lowest BCUT2D eigenvalue weighted by molar-refractivity contribution is -0.0682. The molecule has 0 bridgehead atoms. The summed E-state index contributed by atoms with van der Waals surface area (Å²) in [5.74, 6) is -0.353. The first-order valence-electron chi connectivity index (χ1n) is 14.1. The number of rotatable bonds is 6. The lowest BCUT2D eigenvalue weighted by atomic mass is 9.74. The Balaban J connectivity index is 1.32. The summed E-state index contributed by atoms with van der Waals surface area (Å²) in [6.45, 7) is 2.84. The molecular formula is C31H35F2N5O3. The number of pyridine rings is 1. The molecule has 2 aliphatic rings. The minimum atomic E-state index is -1.32. The third-order valence-electron chi connectivity index (χ3n) is 8.81. The van der Waals surface area contributed by atoms with Crippen LogP contribution in [0.5, 0.6) is 0 Å². The van der Waals surface area contributed by atoms with Gasteiger partial charge in [0.15, 0.2) is 0 Å². The molecule has 216 valence electrons. The van der Waals surface area contributed by atoms with E-state index in [2.05, 4.69) is 22.0 Å². The van der Waals surface area contributed by atoms with E-state index in [0.29, 0.717) is 36.9 Å². The van der Waals surface area contributed by atoms with Crippen molar-refractivity contribution in [2.45, 2.75) is 62.7 Å². The largest absolute Gasteiger partial charge is 0.385 e. The number of benzene rings is 1. The van der Waals surface area contributed by atoms with E-state index in [4.69, 9.17) is 15.2 Å². The van der Waals surface area contributed by atoms with E-state index in [1.54, 1.807) is 36.2 Å². The van der Waals surface area contributed by atoms with Gasteiger partial charge in [0.05, 0.1) is 34.7 Å². The van der Waals surface area contributed by atoms with Crippen molar-refractivity contribution < 1.29 is 23.4 Å². The van der Waals surface area contributed by atoms with Crippen LogP contribution in [-0.2, 0) is 21.5 Å². The zero-order valence-corrected chi connectivity index (χ0v) is 23.3. The first kappa shape index (κ1) is 27.8. The number of methoxy groups -OCH3 is 1. The Kier molecular flexibility index (Phi) is 7.58. The summed E-state index contributed by atoms with van der Waals surface area (Å²) in [4.78, 5) is 8.96. The molecule has 6 rings (SSSR count). The average molecular weight is 564 g/mol. The summed E-state index contributed by atoms with van der Waals surface area (Å²) in [6.07, 6.45) is 8.13. The van der Waals surface area contributed by atoms with Gasteiger partial charge in [-0.1, -0.05) is 6.92 Å². The maximum absolute atomic E-state index is 15.4. The van der Waals surface area contributed by atoms with Crippen LogP contribution in [0.15, 0.2) is 48.9 Å². The Morgan fingerprint density at radius 3 is 2.59 bits per heavy atom. The molecule has 1 saturated heterocycles. The van der Waals surface area contributed by atoms with Crippen molar-refractivity contribution >= 4 is 5.52 Å².